The average Bonchev–Trinajstić information content (AvgIpc) is 2.73. The normalized spacial score (nSPS) is 14.7. The van der Waals surface area contributed by atoms with E-state index in [9.17, 15) is 14.0 Å². The van der Waals surface area contributed by atoms with E-state index in [-0.39, 0.29) is 23.8 Å². The molecule has 0 atom stereocenters. The Morgan fingerprint density at radius 2 is 1.64 bits per heavy atom. The van der Waals surface area contributed by atoms with Gasteiger partial charge < -0.3 is 14.5 Å². The third kappa shape index (κ3) is 4.57. The highest BCUT2D eigenvalue weighted by molar-refractivity contribution is 6.24. The Hall–Kier alpha value is -3.15. The zero-order chi connectivity index (χ0) is 19.9. The molecule has 0 spiro atoms. The topological polar surface area (TPSA) is 49.9 Å². The Morgan fingerprint density at radius 1 is 1.00 bits per heavy atom. The Bertz CT molecular complexity index is 859. The fourth-order valence-corrected chi connectivity index (χ4v) is 3.14. The van der Waals surface area contributed by atoms with E-state index >= 15 is 0 Å². The number of carbonyl (C=O) groups excluding carboxylic acids is 2. The second kappa shape index (κ2) is 9.17. The molecule has 3 rings (SSSR count). The van der Waals surface area contributed by atoms with Crippen molar-refractivity contribution >= 4 is 17.4 Å². The van der Waals surface area contributed by atoms with E-state index in [2.05, 4.69) is 0 Å². The zero-order valence-electron chi connectivity index (χ0n) is 15.8. The van der Waals surface area contributed by atoms with Gasteiger partial charge in [-0.15, -0.1) is 0 Å². The third-order valence-corrected chi connectivity index (χ3v) is 4.60. The van der Waals surface area contributed by atoms with Crippen LogP contribution in [-0.4, -0.2) is 49.4 Å². The highest BCUT2D eigenvalue weighted by atomic mass is 19.1. The second-order valence-electron chi connectivity index (χ2n) is 6.43. The molecule has 0 aliphatic carbocycles. The lowest BCUT2D eigenvalue weighted by Crippen LogP contribution is -2.45. The first-order valence-corrected chi connectivity index (χ1v) is 9.32. The first-order chi connectivity index (χ1) is 13.6. The maximum absolute atomic E-state index is 14.0. The molecule has 0 radical (unpaired) electrons. The number of hydrogen-bond acceptors (Lipinski definition) is 5. The number of carbonyl (C=O) groups is 2. The number of esters is 1. The molecule has 0 bridgehead atoms. The molecule has 2 aromatic rings. The maximum atomic E-state index is 14.0. The first-order valence-electron chi connectivity index (χ1n) is 9.32. The highest BCUT2D eigenvalue weighted by Gasteiger charge is 2.24. The minimum absolute atomic E-state index is 0.00684. The van der Waals surface area contributed by atoms with Crippen LogP contribution in [0.5, 0.6) is 0 Å². The first kappa shape index (κ1) is 19.6. The molecule has 0 saturated carbocycles. The largest absolute Gasteiger partial charge is 0.462 e. The summed E-state index contributed by atoms with van der Waals surface area (Å²) in [6.07, 6.45) is 1.58. The zero-order valence-corrected chi connectivity index (χ0v) is 15.8. The highest BCUT2D eigenvalue weighted by Crippen LogP contribution is 2.21. The van der Waals surface area contributed by atoms with Crippen LogP contribution in [0.15, 0.2) is 66.4 Å². The number of hydrogen-bond donors (Lipinski definition) is 0. The number of benzene rings is 2. The molecular weight excluding hydrogens is 359 g/mol. The number of ketones is 1. The van der Waals surface area contributed by atoms with E-state index in [1.165, 1.54) is 6.07 Å². The van der Waals surface area contributed by atoms with Gasteiger partial charge in [-0.2, -0.15) is 0 Å². The van der Waals surface area contributed by atoms with Crippen molar-refractivity contribution in [2.75, 3.05) is 37.7 Å². The lowest BCUT2D eigenvalue weighted by atomic mass is 10.0. The average molecular weight is 382 g/mol. The molecule has 0 unspecified atom stereocenters. The van der Waals surface area contributed by atoms with E-state index in [1.54, 1.807) is 49.5 Å². The summed E-state index contributed by atoms with van der Waals surface area (Å²) < 4.78 is 19.1. The van der Waals surface area contributed by atoms with Crippen molar-refractivity contribution in [3.8, 4) is 0 Å². The molecular formula is C22H23FN2O3. The van der Waals surface area contributed by atoms with Crippen LogP contribution in [0, 0.1) is 5.82 Å². The molecule has 0 aromatic heterocycles. The molecule has 0 N–H and O–H groups in total. The van der Waals surface area contributed by atoms with Crippen LogP contribution in [0.4, 0.5) is 10.1 Å². The molecule has 1 aliphatic rings. The molecule has 1 heterocycles. The Morgan fingerprint density at radius 3 is 2.29 bits per heavy atom. The number of anilines is 1. The van der Waals surface area contributed by atoms with Crippen LogP contribution in [0.1, 0.15) is 17.3 Å². The molecule has 6 heteroatoms. The molecule has 1 fully saturated rings. The van der Waals surface area contributed by atoms with Crippen molar-refractivity contribution in [2.45, 2.75) is 6.92 Å². The molecule has 1 aliphatic heterocycles. The third-order valence-electron chi connectivity index (χ3n) is 4.60. The fraction of sp³-hybridized carbons (Fsp3) is 0.273. The van der Waals surface area contributed by atoms with Gasteiger partial charge >= 0.3 is 5.97 Å². The Balaban J connectivity index is 1.75. The van der Waals surface area contributed by atoms with Gasteiger partial charge in [-0.1, -0.05) is 42.5 Å². The standard InChI is InChI=1S/C22H23FN2O3/c1-2-28-22(27)18(21(26)17-8-4-3-5-9-17)16-24-12-14-25(15-13-24)20-11-7-6-10-19(20)23/h3-11,16H,2,12-15H2,1H3/b18-16-. The summed E-state index contributed by atoms with van der Waals surface area (Å²) >= 11 is 0. The minimum atomic E-state index is -0.632. The van der Waals surface area contributed by atoms with E-state index in [0.29, 0.717) is 37.4 Å². The summed E-state index contributed by atoms with van der Waals surface area (Å²) in [5.74, 6) is -1.25. The van der Waals surface area contributed by atoms with E-state index in [4.69, 9.17) is 4.74 Å². The number of ether oxygens (including phenoxy) is 1. The summed E-state index contributed by atoms with van der Waals surface area (Å²) in [6.45, 7) is 4.22. The van der Waals surface area contributed by atoms with Gasteiger partial charge in [-0.25, -0.2) is 9.18 Å². The van der Waals surface area contributed by atoms with Crippen LogP contribution in [0.2, 0.25) is 0 Å². The van der Waals surface area contributed by atoms with Gasteiger partial charge in [0.2, 0.25) is 5.78 Å². The van der Waals surface area contributed by atoms with Crippen molar-refractivity contribution in [1.82, 2.24) is 4.90 Å². The molecule has 0 amide bonds. The van der Waals surface area contributed by atoms with Crippen LogP contribution in [0.3, 0.4) is 0 Å². The Labute approximate surface area is 164 Å². The lowest BCUT2D eigenvalue weighted by molar-refractivity contribution is -0.138. The summed E-state index contributed by atoms with van der Waals surface area (Å²) in [6, 6.07) is 15.3. The Kier molecular flexibility index (Phi) is 6.42. The van der Waals surface area contributed by atoms with Crippen molar-refractivity contribution in [3.05, 3.63) is 77.8 Å². The number of piperazine rings is 1. The fourth-order valence-electron chi connectivity index (χ4n) is 3.14. The van der Waals surface area contributed by atoms with Crippen molar-refractivity contribution in [1.29, 1.82) is 0 Å². The number of para-hydroxylation sites is 1. The lowest BCUT2D eigenvalue weighted by Gasteiger charge is -2.36. The maximum Gasteiger partial charge on any atom is 0.343 e. The number of Topliss-reactive ketones (excluding diaryl/α,β-unsaturated/α-hetero) is 1. The van der Waals surface area contributed by atoms with Gasteiger partial charge in [0.15, 0.2) is 0 Å². The van der Waals surface area contributed by atoms with Gasteiger partial charge in [-0.05, 0) is 19.1 Å². The number of nitrogens with zero attached hydrogens (tertiary/aromatic N) is 2. The van der Waals surface area contributed by atoms with Crippen molar-refractivity contribution in [3.63, 3.8) is 0 Å². The molecule has 2 aromatic carbocycles. The van der Waals surface area contributed by atoms with Gasteiger partial charge in [0.05, 0.1) is 12.3 Å². The summed E-state index contributed by atoms with van der Waals surface area (Å²) in [7, 11) is 0. The van der Waals surface area contributed by atoms with Crippen LogP contribution in [-0.2, 0) is 9.53 Å². The smallest absolute Gasteiger partial charge is 0.343 e. The van der Waals surface area contributed by atoms with Crippen LogP contribution >= 0.6 is 0 Å². The molecule has 1 saturated heterocycles. The number of halogens is 1. The van der Waals surface area contributed by atoms with Gasteiger partial charge in [-0.3, -0.25) is 4.79 Å². The van der Waals surface area contributed by atoms with Gasteiger partial charge in [0.25, 0.3) is 0 Å². The van der Waals surface area contributed by atoms with Crippen LogP contribution < -0.4 is 4.90 Å². The van der Waals surface area contributed by atoms with E-state index in [1.807, 2.05) is 21.9 Å². The van der Waals surface area contributed by atoms with Crippen molar-refractivity contribution < 1.29 is 18.7 Å². The summed E-state index contributed by atoms with van der Waals surface area (Å²) in [5.41, 5.74) is 1.01. The molecule has 146 valence electrons. The molecule has 28 heavy (non-hydrogen) atoms. The predicted octanol–water partition coefficient (Wildman–Crippen LogP) is 3.28. The van der Waals surface area contributed by atoms with Gasteiger partial charge in [0, 0.05) is 37.9 Å². The van der Waals surface area contributed by atoms with Gasteiger partial charge in [0.1, 0.15) is 11.4 Å². The molecule has 5 nitrogen and oxygen atoms in total. The van der Waals surface area contributed by atoms with E-state index < -0.39 is 5.97 Å². The quantitative estimate of drug-likeness (QED) is 0.252. The summed E-state index contributed by atoms with van der Waals surface area (Å²) in [4.78, 5) is 29.0. The SMILES string of the molecule is CCOC(=O)/C(=C\N1CCN(c2ccccc2F)CC1)C(=O)c1ccccc1. The second-order valence-corrected chi connectivity index (χ2v) is 6.43. The predicted molar refractivity (Wildman–Crippen MR) is 106 cm³/mol. The van der Waals surface area contributed by atoms with Crippen LogP contribution in [0.25, 0.3) is 0 Å². The summed E-state index contributed by atoms with van der Waals surface area (Å²) in [5, 5.41) is 0. The van der Waals surface area contributed by atoms with E-state index in [0.717, 1.165) is 0 Å². The minimum Gasteiger partial charge on any atom is -0.462 e. The number of rotatable bonds is 6. The monoisotopic (exact) mass is 382 g/mol. The van der Waals surface area contributed by atoms with Crippen molar-refractivity contribution in [2.24, 2.45) is 0 Å².